The highest BCUT2D eigenvalue weighted by Crippen LogP contribution is 2.06. The van der Waals surface area contributed by atoms with Crippen LogP contribution in [0.25, 0.3) is 0 Å². The second kappa shape index (κ2) is 2.26. The molecule has 0 amide bonds. The lowest BCUT2D eigenvalue weighted by Gasteiger charge is -1.85. The number of benzene rings is 1. The summed E-state index contributed by atoms with van der Waals surface area (Å²) in [6, 6.07) is 7.93. The van der Waals surface area contributed by atoms with Gasteiger partial charge in [-0.25, -0.2) is 0 Å². The molecule has 1 rings (SSSR count). The maximum atomic E-state index is 10.0. The molecular formula is C6H5NO2. The Kier molecular flexibility index (Phi) is 1.44. The molecular weight excluding hydrogens is 118 g/mol. The van der Waals surface area contributed by atoms with Gasteiger partial charge in [-0.3, -0.25) is 10.1 Å². The van der Waals surface area contributed by atoms with Gasteiger partial charge in [-0.05, 0) is 0 Å². The van der Waals surface area contributed by atoms with Crippen molar-refractivity contribution in [3.8, 4) is 0 Å². The smallest absolute Gasteiger partial charge is 0.258 e. The summed E-state index contributed by atoms with van der Waals surface area (Å²) < 4.78 is 0. The largest absolute Gasteiger partial charge is 0.269 e. The van der Waals surface area contributed by atoms with Crippen LogP contribution >= 0.6 is 0 Å². The molecule has 0 unspecified atom stereocenters. The van der Waals surface area contributed by atoms with Gasteiger partial charge in [0.25, 0.3) is 5.69 Å². The van der Waals surface area contributed by atoms with E-state index < -0.39 is 4.92 Å². The lowest BCUT2D eigenvalue weighted by atomic mass is 10.3. The molecule has 0 saturated heterocycles. The van der Waals surface area contributed by atoms with Crippen molar-refractivity contribution in [2.75, 3.05) is 0 Å². The second-order valence-corrected chi connectivity index (χ2v) is 1.59. The highest BCUT2D eigenvalue weighted by atomic mass is 16.6. The molecule has 9 heavy (non-hydrogen) atoms. The van der Waals surface area contributed by atoms with Gasteiger partial charge < -0.3 is 0 Å². The summed E-state index contributed by atoms with van der Waals surface area (Å²) in [5.74, 6) is 0. The van der Waals surface area contributed by atoms with Crippen LogP contribution in [0.4, 0.5) is 5.69 Å². The van der Waals surface area contributed by atoms with Crippen molar-refractivity contribution < 1.29 is 4.92 Å². The molecule has 0 atom stereocenters. The fraction of sp³-hybridized carbons (Fsp3) is 0. The van der Waals surface area contributed by atoms with Crippen LogP contribution in [0, 0.1) is 10.1 Å². The third-order valence-corrected chi connectivity index (χ3v) is 0.967. The van der Waals surface area contributed by atoms with Crippen molar-refractivity contribution >= 4 is 5.69 Å². The van der Waals surface area contributed by atoms with E-state index in [1.807, 2.05) is 0 Å². The molecule has 0 aliphatic rings. The second-order valence-electron chi connectivity index (χ2n) is 1.59. The molecule has 0 fully saturated rings. The van der Waals surface area contributed by atoms with Gasteiger partial charge in [-0.15, -0.1) is 0 Å². The quantitative estimate of drug-likeness (QED) is 0.420. The van der Waals surface area contributed by atoms with Crippen LogP contribution in [0.5, 0.6) is 0 Å². The Labute approximate surface area is 52.1 Å². The number of nitro benzene ring substituents is 1. The van der Waals surface area contributed by atoms with E-state index in [1.54, 1.807) is 18.2 Å². The SMILES string of the molecule is O=[N+]([O-])[12c]1[12cH][12cH][12cH][12cH][12cH]1. The molecule has 1 aromatic carbocycles. The van der Waals surface area contributed by atoms with Crippen molar-refractivity contribution in [3.05, 3.63) is 40.4 Å². The maximum absolute atomic E-state index is 10.0. The van der Waals surface area contributed by atoms with Crippen LogP contribution in [0.2, 0.25) is 0 Å². The molecule has 0 aliphatic carbocycles. The Morgan fingerprint density at radius 3 is 2.11 bits per heavy atom. The Morgan fingerprint density at radius 1 is 1.22 bits per heavy atom. The maximum Gasteiger partial charge on any atom is 0.269 e. The van der Waals surface area contributed by atoms with Crippen molar-refractivity contribution in [1.29, 1.82) is 0 Å². The fourth-order valence-electron chi connectivity index (χ4n) is 0.550. The standard InChI is InChI=1S/C6H5NO2/c8-7(9)6-4-2-1-3-5-6/h1-5H/i1+0,2+0,3+0,4+0,5+0,6+0. The van der Waals surface area contributed by atoms with Gasteiger partial charge in [-0.2, -0.15) is 0 Å². The molecule has 3 heteroatoms. The van der Waals surface area contributed by atoms with Crippen LogP contribution in [0.15, 0.2) is 30.3 Å². The van der Waals surface area contributed by atoms with E-state index in [4.69, 9.17) is 0 Å². The minimum atomic E-state index is -0.417. The van der Waals surface area contributed by atoms with Crippen LogP contribution in [0.1, 0.15) is 0 Å². The van der Waals surface area contributed by atoms with Crippen LogP contribution in [-0.2, 0) is 0 Å². The third kappa shape index (κ3) is 1.25. The number of nitrogens with zero attached hydrogens (tertiary/aromatic N) is 1. The van der Waals surface area contributed by atoms with E-state index >= 15 is 0 Å². The van der Waals surface area contributed by atoms with E-state index in [-0.39, 0.29) is 5.69 Å². The Morgan fingerprint density at radius 2 is 1.78 bits per heavy atom. The number of rotatable bonds is 1. The summed E-state index contributed by atoms with van der Waals surface area (Å²) in [6.07, 6.45) is 0. The highest BCUT2D eigenvalue weighted by molar-refractivity contribution is 5.27. The van der Waals surface area contributed by atoms with Crippen LogP contribution < -0.4 is 0 Å². The van der Waals surface area contributed by atoms with Crippen LogP contribution in [-0.4, -0.2) is 4.92 Å². The zero-order valence-electron chi connectivity index (χ0n) is 4.65. The first-order chi connectivity index (χ1) is 4.30. The zero-order valence-corrected chi connectivity index (χ0v) is 4.65. The zero-order chi connectivity index (χ0) is 6.69. The summed E-state index contributed by atoms with van der Waals surface area (Å²) in [4.78, 5) is 9.59. The van der Waals surface area contributed by atoms with E-state index in [0.29, 0.717) is 0 Å². The Hall–Kier alpha value is -1.38. The number of non-ortho nitro benzene ring substituents is 1. The minimum Gasteiger partial charge on any atom is -0.258 e. The Balaban J connectivity index is 2.98. The number of hydrogen-bond donors (Lipinski definition) is 0. The van der Waals surface area contributed by atoms with Crippen LogP contribution in [0.3, 0.4) is 0 Å². The van der Waals surface area contributed by atoms with E-state index in [0.717, 1.165) is 0 Å². The molecule has 46 valence electrons. The average molecular weight is 123 g/mol. The molecule has 0 radical (unpaired) electrons. The van der Waals surface area contributed by atoms with Gasteiger partial charge in [0.15, 0.2) is 0 Å². The summed E-state index contributed by atoms with van der Waals surface area (Å²) in [5, 5.41) is 10.0. The van der Waals surface area contributed by atoms with Gasteiger partial charge in [-0.1, -0.05) is 18.2 Å². The minimum absolute atomic E-state index is 0.137. The monoisotopic (exact) mass is 123 g/mol. The topological polar surface area (TPSA) is 43.1 Å². The number of hydrogen-bond acceptors (Lipinski definition) is 2. The fourth-order valence-corrected chi connectivity index (χ4v) is 0.550. The first kappa shape index (κ1) is 5.75. The molecule has 0 N–H and O–H groups in total. The molecule has 0 spiro atoms. The van der Waals surface area contributed by atoms with Gasteiger partial charge in [0.2, 0.25) is 0 Å². The summed E-state index contributed by atoms with van der Waals surface area (Å²) >= 11 is 0. The molecule has 0 aliphatic heterocycles. The molecule has 0 aromatic heterocycles. The summed E-state index contributed by atoms with van der Waals surface area (Å²) in [7, 11) is 0. The normalized spacial score (nSPS) is 8.89. The van der Waals surface area contributed by atoms with Gasteiger partial charge in [0, 0.05) is 12.1 Å². The van der Waals surface area contributed by atoms with E-state index in [1.165, 1.54) is 12.1 Å². The van der Waals surface area contributed by atoms with E-state index in [9.17, 15) is 10.1 Å². The number of para-hydroxylation sites is 1. The van der Waals surface area contributed by atoms with Gasteiger partial charge in [0.05, 0.1) is 4.92 Å². The third-order valence-electron chi connectivity index (χ3n) is 0.967. The summed E-state index contributed by atoms with van der Waals surface area (Å²) in [5.41, 5.74) is 0.137. The lowest BCUT2D eigenvalue weighted by Crippen LogP contribution is -1.84. The molecule has 0 saturated carbocycles. The van der Waals surface area contributed by atoms with Gasteiger partial charge >= 0.3 is 0 Å². The average Bonchev–Trinajstić information content (AvgIpc) is 1.90. The molecule has 1 aromatic rings. The van der Waals surface area contributed by atoms with Gasteiger partial charge in [0.1, 0.15) is 0 Å². The Bertz CT molecular complexity index is 208. The molecule has 0 heterocycles. The van der Waals surface area contributed by atoms with Crippen molar-refractivity contribution in [1.82, 2.24) is 0 Å². The van der Waals surface area contributed by atoms with Crippen molar-refractivity contribution in [2.24, 2.45) is 0 Å². The predicted octanol–water partition coefficient (Wildman–Crippen LogP) is 1.59. The molecule has 3 nitrogen and oxygen atoms in total. The van der Waals surface area contributed by atoms with E-state index in [2.05, 4.69) is 0 Å². The predicted molar refractivity (Wildman–Crippen MR) is 33.1 cm³/mol. The first-order valence-electron chi connectivity index (χ1n) is 2.50. The van der Waals surface area contributed by atoms with Crippen molar-refractivity contribution in [3.63, 3.8) is 0 Å². The summed E-state index contributed by atoms with van der Waals surface area (Å²) in [6.45, 7) is 0. The number of nitro groups is 1. The highest BCUT2D eigenvalue weighted by Gasteiger charge is 1.98. The van der Waals surface area contributed by atoms with Crippen molar-refractivity contribution in [2.45, 2.75) is 0 Å². The molecule has 0 bridgehead atoms. The first-order valence-corrected chi connectivity index (χ1v) is 2.50. The lowest BCUT2D eigenvalue weighted by molar-refractivity contribution is -0.384.